The summed E-state index contributed by atoms with van der Waals surface area (Å²) < 4.78 is 1.60. The first-order valence-electron chi connectivity index (χ1n) is 11.4. The molecule has 0 fully saturated rings. The molecule has 1 heterocycles. The minimum absolute atomic E-state index is 0.104. The number of carbonyl (C=O) groups is 2. The van der Waals surface area contributed by atoms with Crippen molar-refractivity contribution < 1.29 is 9.59 Å². The third-order valence-corrected chi connectivity index (χ3v) is 5.62. The summed E-state index contributed by atoms with van der Waals surface area (Å²) in [6, 6.07) is 16.3. The molecule has 7 nitrogen and oxygen atoms in total. The molecule has 0 bridgehead atoms. The zero-order valence-electron chi connectivity index (χ0n) is 20.6. The van der Waals surface area contributed by atoms with Gasteiger partial charge in [0.05, 0.1) is 21.4 Å². The van der Waals surface area contributed by atoms with Crippen molar-refractivity contribution in [3.8, 4) is 16.9 Å². The monoisotopic (exact) mass is 515 g/mol. The number of amides is 3. The Kier molecular flexibility index (Phi) is 8.46. The molecule has 2 aromatic carbocycles. The molecule has 0 saturated carbocycles. The zero-order valence-corrected chi connectivity index (χ0v) is 22.1. The molecule has 0 atom stereocenters. The third-order valence-electron chi connectivity index (χ3n) is 4.88. The predicted molar refractivity (Wildman–Crippen MR) is 142 cm³/mol. The fraction of sp³-hybridized carbons (Fsp3) is 0.346. The second-order valence-electron chi connectivity index (χ2n) is 9.79. The average molecular weight is 516 g/mol. The third kappa shape index (κ3) is 7.47. The van der Waals surface area contributed by atoms with Gasteiger partial charge in [-0.05, 0) is 44.9 Å². The van der Waals surface area contributed by atoms with Crippen LogP contribution in [0.3, 0.4) is 0 Å². The maximum atomic E-state index is 13.1. The summed E-state index contributed by atoms with van der Waals surface area (Å²) in [5, 5.41) is 11.3. The van der Waals surface area contributed by atoms with E-state index in [0.29, 0.717) is 33.8 Å². The van der Waals surface area contributed by atoms with Crippen molar-refractivity contribution in [1.82, 2.24) is 20.0 Å². The Bertz CT molecular complexity index is 1190. The van der Waals surface area contributed by atoms with Crippen molar-refractivity contribution in [1.29, 1.82) is 0 Å². The molecule has 0 radical (unpaired) electrons. The predicted octanol–water partition coefficient (Wildman–Crippen LogP) is 6.25. The number of hydrogen-bond donors (Lipinski definition) is 2. The second kappa shape index (κ2) is 11.1. The van der Waals surface area contributed by atoms with Crippen LogP contribution in [0.2, 0.25) is 10.0 Å². The number of aromatic nitrogens is 2. The van der Waals surface area contributed by atoms with E-state index in [1.165, 1.54) is 4.90 Å². The van der Waals surface area contributed by atoms with Gasteiger partial charge in [-0.3, -0.25) is 4.79 Å². The highest BCUT2D eigenvalue weighted by atomic mass is 35.5. The molecule has 0 unspecified atom stereocenters. The van der Waals surface area contributed by atoms with Gasteiger partial charge < -0.3 is 15.5 Å². The SMILES string of the molecule is CC(C)CN(CC(=O)Nc1cc(-c2ccccc2)nn1-c1ccc(Cl)c(Cl)c1)C(=O)NC(C)(C)C. The van der Waals surface area contributed by atoms with Crippen LogP contribution in [-0.2, 0) is 4.79 Å². The Balaban J connectivity index is 1.90. The van der Waals surface area contributed by atoms with Crippen LogP contribution in [0.5, 0.6) is 0 Å². The van der Waals surface area contributed by atoms with Crippen LogP contribution in [0.4, 0.5) is 10.6 Å². The average Bonchev–Trinajstić information content (AvgIpc) is 3.18. The lowest BCUT2D eigenvalue weighted by Crippen LogP contribution is -2.51. The summed E-state index contributed by atoms with van der Waals surface area (Å²) in [6.07, 6.45) is 0. The lowest BCUT2D eigenvalue weighted by atomic mass is 10.1. The quantitative estimate of drug-likeness (QED) is 0.390. The van der Waals surface area contributed by atoms with E-state index in [1.54, 1.807) is 28.9 Å². The molecule has 1 aromatic heterocycles. The summed E-state index contributed by atoms with van der Waals surface area (Å²) in [7, 11) is 0. The Morgan fingerprint density at radius 2 is 1.71 bits per heavy atom. The topological polar surface area (TPSA) is 79.3 Å². The number of rotatable bonds is 7. The van der Waals surface area contributed by atoms with Gasteiger partial charge in [0.2, 0.25) is 5.91 Å². The van der Waals surface area contributed by atoms with Crippen molar-refractivity contribution in [3.05, 3.63) is 64.6 Å². The number of nitrogens with one attached hydrogen (secondary N) is 2. The van der Waals surface area contributed by atoms with Crippen LogP contribution in [0.15, 0.2) is 54.6 Å². The summed E-state index contributed by atoms with van der Waals surface area (Å²) in [5.74, 6) is 0.309. The van der Waals surface area contributed by atoms with Gasteiger partial charge in [0, 0.05) is 23.7 Å². The summed E-state index contributed by atoms with van der Waals surface area (Å²) in [4.78, 5) is 27.4. The van der Waals surface area contributed by atoms with Crippen molar-refractivity contribution in [2.24, 2.45) is 5.92 Å². The van der Waals surface area contributed by atoms with E-state index in [0.717, 1.165) is 5.56 Å². The summed E-state index contributed by atoms with van der Waals surface area (Å²) >= 11 is 12.3. The zero-order chi connectivity index (χ0) is 25.8. The Hall–Kier alpha value is -3.03. The van der Waals surface area contributed by atoms with Crippen LogP contribution in [-0.4, -0.2) is 45.2 Å². The van der Waals surface area contributed by atoms with Crippen molar-refractivity contribution >= 4 is 41.0 Å². The largest absolute Gasteiger partial charge is 0.333 e. The minimum atomic E-state index is -0.417. The Labute approximate surface area is 216 Å². The Morgan fingerprint density at radius 3 is 2.31 bits per heavy atom. The summed E-state index contributed by atoms with van der Waals surface area (Å²) in [5.41, 5.74) is 1.80. The standard InChI is InChI=1S/C26H31Cl2N5O2/c1-17(2)15-32(25(35)30-26(3,4)5)16-24(34)29-23-14-22(18-9-7-6-8-10-18)31-33(23)19-11-12-20(27)21(28)13-19/h6-14,17H,15-16H2,1-5H3,(H,29,34)(H,30,35). The van der Waals surface area contributed by atoms with Gasteiger partial charge in [-0.1, -0.05) is 67.4 Å². The molecule has 0 aliphatic rings. The van der Waals surface area contributed by atoms with Crippen LogP contribution < -0.4 is 10.6 Å². The highest BCUT2D eigenvalue weighted by Crippen LogP contribution is 2.29. The number of halogens is 2. The van der Waals surface area contributed by atoms with Crippen molar-refractivity contribution in [2.75, 3.05) is 18.4 Å². The minimum Gasteiger partial charge on any atom is -0.333 e. The van der Waals surface area contributed by atoms with E-state index in [9.17, 15) is 9.59 Å². The molecule has 0 saturated heterocycles. The van der Waals surface area contributed by atoms with Crippen LogP contribution in [0.1, 0.15) is 34.6 Å². The van der Waals surface area contributed by atoms with Gasteiger partial charge in [-0.2, -0.15) is 5.10 Å². The van der Waals surface area contributed by atoms with E-state index < -0.39 is 5.54 Å². The van der Waals surface area contributed by atoms with Crippen LogP contribution in [0, 0.1) is 5.92 Å². The van der Waals surface area contributed by atoms with E-state index in [2.05, 4.69) is 10.6 Å². The number of anilines is 1. The molecule has 3 amide bonds. The molecule has 35 heavy (non-hydrogen) atoms. The first-order chi connectivity index (χ1) is 16.4. The van der Waals surface area contributed by atoms with Gasteiger partial charge in [0.25, 0.3) is 0 Å². The normalized spacial score (nSPS) is 11.4. The van der Waals surface area contributed by atoms with E-state index in [-0.39, 0.29) is 24.4 Å². The molecule has 186 valence electrons. The number of benzene rings is 2. The molecule has 3 rings (SSSR count). The smallest absolute Gasteiger partial charge is 0.318 e. The van der Waals surface area contributed by atoms with Gasteiger partial charge in [-0.15, -0.1) is 0 Å². The molecule has 9 heteroatoms. The van der Waals surface area contributed by atoms with Crippen molar-refractivity contribution in [2.45, 2.75) is 40.2 Å². The number of hydrogen-bond acceptors (Lipinski definition) is 3. The second-order valence-corrected chi connectivity index (χ2v) is 10.6. The first kappa shape index (κ1) is 26.6. The van der Waals surface area contributed by atoms with E-state index in [4.69, 9.17) is 28.3 Å². The number of urea groups is 1. The number of nitrogens with zero attached hydrogens (tertiary/aromatic N) is 3. The fourth-order valence-corrected chi connectivity index (χ4v) is 3.74. The molecular formula is C26H31Cl2N5O2. The lowest BCUT2D eigenvalue weighted by molar-refractivity contribution is -0.116. The fourth-order valence-electron chi connectivity index (χ4n) is 3.45. The maximum absolute atomic E-state index is 13.1. The van der Waals surface area contributed by atoms with Gasteiger partial charge in [0.1, 0.15) is 12.4 Å². The lowest BCUT2D eigenvalue weighted by Gasteiger charge is -2.29. The van der Waals surface area contributed by atoms with Crippen LogP contribution in [0.25, 0.3) is 16.9 Å². The van der Waals surface area contributed by atoms with Gasteiger partial charge in [0.15, 0.2) is 0 Å². The first-order valence-corrected chi connectivity index (χ1v) is 12.2. The van der Waals surface area contributed by atoms with E-state index >= 15 is 0 Å². The molecule has 2 N–H and O–H groups in total. The highest BCUT2D eigenvalue weighted by molar-refractivity contribution is 6.42. The molecule has 0 spiro atoms. The number of carbonyl (C=O) groups excluding carboxylic acids is 2. The van der Waals surface area contributed by atoms with Crippen molar-refractivity contribution in [3.63, 3.8) is 0 Å². The molecule has 0 aliphatic carbocycles. The molecule has 3 aromatic rings. The Morgan fingerprint density at radius 1 is 1.03 bits per heavy atom. The van der Waals surface area contributed by atoms with Gasteiger partial charge >= 0.3 is 6.03 Å². The highest BCUT2D eigenvalue weighted by Gasteiger charge is 2.23. The van der Waals surface area contributed by atoms with Gasteiger partial charge in [-0.25, -0.2) is 9.48 Å². The van der Waals surface area contributed by atoms with Crippen LogP contribution >= 0.6 is 23.2 Å². The molecule has 0 aliphatic heterocycles. The van der Waals surface area contributed by atoms with E-state index in [1.807, 2.05) is 65.0 Å². The molecular weight excluding hydrogens is 485 g/mol. The maximum Gasteiger partial charge on any atom is 0.318 e. The summed E-state index contributed by atoms with van der Waals surface area (Å²) in [6.45, 7) is 10.0.